The Labute approximate surface area is 60.3 Å². The van der Waals surface area contributed by atoms with Crippen molar-refractivity contribution in [2.24, 2.45) is 0 Å². The maximum Gasteiger partial charge on any atom is 0.286 e. The Balaban J connectivity index is 0.000000180. The van der Waals surface area contributed by atoms with Gasteiger partial charge < -0.3 is 14.2 Å². The van der Waals surface area contributed by atoms with Crippen LogP contribution in [0.3, 0.4) is 0 Å². The Kier molecular flexibility index (Phi) is 5.83. The van der Waals surface area contributed by atoms with Crippen LogP contribution in [0.15, 0.2) is 0 Å². The summed E-state index contributed by atoms with van der Waals surface area (Å²) < 4.78 is 13.4. The van der Waals surface area contributed by atoms with E-state index in [1.54, 1.807) is 7.11 Å². The van der Waals surface area contributed by atoms with Crippen molar-refractivity contribution in [3.05, 3.63) is 0 Å². The molecule has 1 fully saturated rings. The number of hydrogen-bond donors (Lipinski definition) is 0. The summed E-state index contributed by atoms with van der Waals surface area (Å²) in [5, 5.41) is 7.40. The Hall–Kier alpha value is -0.790. The molecule has 1 unspecified atom stereocenters. The standard InChI is InChI=1S/C4H8O2.C2H3NO/c1-5-2-4-3-6-4;1-4-2-3/h4H,2-3H2,1H3;1H3. The van der Waals surface area contributed by atoms with E-state index in [1.165, 1.54) is 13.4 Å². The Morgan fingerprint density at radius 1 is 1.70 bits per heavy atom. The number of nitriles is 1. The average molecular weight is 145 g/mol. The minimum absolute atomic E-state index is 0.426. The molecule has 0 aromatic heterocycles. The Morgan fingerprint density at radius 2 is 2.20 bits per heavy atom. The molecule has 0 bridgehead atoms. The van der Waals surface area contributed by atoms with Gasteiger partial charge in [0.05, 0.1) is 20.3 Å². The average Bonchev–Trinajstić information content (AvgIpc) is 2.74. The van der Waals surface area contributed by atoms with Gasteiger partial charge in [-0.1, -0.05) is 0 Å². The van der Waals surface area contributed by atoms with Crippen molar-refractivity contribution in [3.8, 4) is 6.26 Å². The van der Waals surface area contributed by atoms with Gasteiger partial charge in [-0.15, -0.1) is 0 Å². The molecule has 0 radical (unpaired) electrons. The van der Waals surface area contributed by atoms with Crippen molar-refractivity contribution in [1.29, 1.82) is 5.26 Å². The monoisotopic (exact) mass is 145 g/mol. The zero-order valence-electron chi connectivity index (χ0n) is 6.16. The Bertz CT molecular complexity index is 106. The van der Waals surface area contributed by atoms with Crippen LogP contribution in [-0.2, 0) is 14.2 Å². The van der Waals surface area contributed by atoms with Crippen LogP contribution in [0.1, 0.15) is 0 Å². The van der Waals surface area contributed by atoms with Crippen molar-refractivity contribution < 1.29 is 14.2 Å². The van der Waals surface area contributed by atoms with Crippen LogP contribution in [0.4, 0.5) is 0 Å². The predicted octanol–water partition coefficient (Wildman–Crippen LogP) is 0.145. The van der Waals surface area contributed by atoms with Crippen LogP contribution in [0, 0.1) is 11.5 Å². The first-order chi connectivity index (χ1) is 4.85. The highest BCUT2D eigenvalue weighted by molar-refractivity contribution is 4.66. The number of nitrogens with zero attached hydrogens (tertiary/aromatic N) is 1. The lowest BCUT2D eigenvalue weighted by atomic mass is 10.5. The molecular formula is C6H11NO3. The normalized spacial score (nSPS) is 19.9. The van der Waals surface area contributed by atoms with Crippen LogP contribution >= 0.6 is 0 Å². The molecule has 1 aliphatic rings. The summed E-state index contributed by atoms with van der Waals surface area (Å²) in [6, 6.07) is 0. The van der Waals surface area contributed by atoms with Crippen LogP contribution in [0.2, 0.25) is 0 Å². The molecule has 0 saturated carbocycles. The summed E-state index contributed by atoms with van der Waals surface area (Å²) >= 11 is 0. The summed E-state index contributed by atoms with van der Waals surface area (Å²) in [5.74, 6) is 0. The number of methoxy groups -OCH3 is 2. The fraction of sp³-hybridized carbons (Fsp3) is 0.833. The largest absolute Gasteiger partial charge is 0.431 e. The highest BCUT2D eigenvalue weighted by Gasteiger charge is 2.21. The molecule has 0 aromatic carbocycles. The lowest BCUT2D eigenvalue weighted by molar-refractivity contribution is 0.171. The summed E-state index contributed by atoms with van der Waals surface area (Å²) in [4.78, 5) is 0. The molecule has 1 saturated heterocycles. The highest BCUT2D eigenvalue weighted by Crippen LogP contribution is 2.06. The summed E-state index contributed by atoms with van der Waals surface area (Å²) in [6.07, 6.45) is 1.86. The molecule has 1 aliphatic heterocycles. The van der Waals surface area contributed by atoms with Gasteiger partial charge in [-0.3, -0.25) is 0 Å². The first-order valence-electron chi connectivity index (χ1n) is 2.87. The molecule has 1 heterocycles. The van der Waals surface area contributed by atoms with E-state index in [1.807, 2.05) is 0 Å². The fourth-order valence-corrected chi connectivity index (χ4v) is 0.350. The van der Waals surface area contributed by atoms with Crippen LogP contribution < -0.4 is 0 Å². The van der Waals surface area contributed by atoms with E-state index >= 15 is 0 Å². The first-order valence-corrected chi connectivity index (χ1v) is 2.87. The van der Waals surface area contributed by atoms with Crippen LogP contribution in [-0.4, -0.2) is 33.5 Å². The lowest BCUT2D eigenvalue weighted by Crippen LogP contribution is -1.94. The molecule has 0 aromatic rings. The molecule has 0 aliphatic carbocycles. The number of rotatable bonds is 2. The highest BCUT2D eigenvalue weighted by atomic mass is 16.6. The topological polar surface area (TPSA) is 54.8 Å². The fourth-order valence-electron chi connectivity index (χ4n) is 0.350. The number of ether oxygens (including phenoxy) is 3. The first kappa shape index (κ1) is 9.21. The van der Waals surface area contributed by atoms with Crippen molar-refractivity contribution >= 4 is 0 Å². The van der Waals surface area contributed by atoms with E-state index < -0.39 is 0 Å². The minimum Gasteiger partial charge on any atom is -0.431 e. The molecule has 0 N–H and O–H groups in total. The number of epoxide rings is 1. The number of hydrogen-bond acceptors (Lipinski definition) is 4. The van der Waals surface area contributed by atoms with Gasteiger partial charge in [0.1, 0.15) is 6.10 Å². The third-order valence-corrected chi connectivity index (χ3v) is 0.846. The second-order valence-electron chi connectivity index (χ2n) is 1.71. The van der Waals surface area contributed by atoms with Crippen molar-refractivity contribution in [2.45, 2.75) is 6.10 Å². The van der Waals surface area contributed by atoms with Crippen molar-refractivity contribution in [2.75, 3.05) is 27.4 Å². The van der Waals surface area contributed by atoms with Crippen LogP contribution in [0.25, 0.3) is 0 Å². The smallest absolute Gasteiger partial charge is 0.286 e. The van der Waals surface area contributed by atoms with E-state index in [0.29, 0.717) is 6.10 Å². The van der Waals surface area contributed by atoms with E-state index in [2.05, 4.69) is 4.74 Å². The predicted molar refractivity (Wildman–Crippen MR) is 34.2 cm³/mol. The van der Waals surface area contributed by atoms with E-state index in [4.69, 9.17) is 14.7 Å². The van der Waals surface area contributed by atoms with Gasteiger partial charge >= 0.3 is 0 Å². The second kappa shape index (κ2) is 6.33. The van der Waals surface area contributed by atoms with Gasteiger partial charge in [0.15, 0.2) is 0 Å². The third kappa shape index (κ3) is 7.21. The minimum atomic E-state index is 0.426. The van der Waals surface area contributed by atoms with Crippen molar-refractivity contribution in [1.82, 2.24) is 0 Å². The molecule has 4 nitrogen and oxygen atoms in total. The summed E-state index contributed by atoms with van der Waals surface area (Å²) in [7, 11) is 3.00. The molecule has 0 spiro atoms. The summed E-state index contributed by atoms with van der Waals surface area (Å²) in [6.45, 7) is 1.66. The molecule has 1 atom stereocenters. The van der Waals surface area contributed by atoms with E-state index in [0.717, 1.165) is 13.2 Å². The maximum atomic E-state index is 7.40. The zero-order valence-corrected chi connectivity index (χ0v) is 6.16. The maximum absolute atomic E-state index is 7.40. The molecule has 1 rings (SSSR count). The molecule has 58 valence electrons. The van der Waals surface area contributed by atoms with Crippen LogP contribution in [0.5, 0.6) is 0 Å². The molecule has 0 amide bonds. The summed E-state index contributed by atoms with van der Waals surface area (Å²) in [5.41, 5.74) is 0. The van der Waals surface area contributed by atoms with Gasteiger partial charge in [-0.25, -0.2) is 0 Å². The molecule has 10 heavy (non-hydrogen) atoms. The second-order valence-corrected chi connectivity index (χ2v) is 1.71. The van der Waals surface area contributed by atoms with Gasteiger partial charge in [-0.05, 0) is 0 Å². The van der Waals surface area contributed by atoms with Gasteiger partial charge in [-0.2, -0.15) is 5.26 Å². The molecular weight excluding hydrogens is 134 g/mol. The quantitative estimate of drug-likeness (QED) is 0.410. The van der Waals surface area contributed by atoms with Gasteiger partial charge in [0.2, 0.25) is 0 Å². The van der Waals surface area contributed by atoms with E-state index in [-0.39, 0.29) is 0 Å². The van der Waals surface area contributed by atoms with Gasteiger partial charge in [0.25, 0.3) is 6.26 Å². The zero-order chi connectivity index (χ0) is 7.82. The lowest BCUT2D eigenvalue weighted by Gasteiger charge is -1.84. The van der Waals surface area contributed by atoms with Gasteiger partial charge in [0, 0.05) is 7.11 Å². The van der Waals surface area contributed by atoms with E-state index in [9.17, 15) is 0 Å². The molecule has 4 heteroatoms. The SMILES string of the molecule is COC#N.COCC1CO1. The van der Waals surface area contributed by atoms with Crippen molar-refractivity contribution in [3.63, 3.8) is 0 Å². The Morgan fingerprint density at radius 3 is 2.30 bits per heavy atom. The third-order valence-electron chi connectivity index (χ3n) is 0.846.